The number of aliphatic hydroxyl groups excluding tert-OH is 1. The van der Waals surface area contributed by atoms with Gasteiger partial charge in [-0.2, -0.15) is 0 Å². The van der Waals surface area contributed by atoms with Crippen LogP contribution in [0.15, 0.2) is 54.8 Å². The Morgan fingerprint density at radius 3 is 2.62 bits per heavy atom. The monoisotopic (exact) mass is 212 g/mol. The largest absolute Gasteiger partial charge is 0.513 e. The maximum atomic E-state index is 9.36. The molecule has 0 aliphatic heterocycles. The lowest BCUT2D eigenvalue weighted by Crippen LogP contribution is -2.02. The summed E-state index contributed by atoms with van der Waals surface area (Å²) in [6, 6.07) is 14.6. The molecule has 0 aliphatic carbocycles. The molecule has 1 atom stereocenters. The van der Waals surface area contributed by atoms with Gasteiger partial charge in [-0.05, 0) is 22.8 Å². The highest BCUT2D eigenvalue weighted by Crippen LogP contribution is 2.22. The summed E-state index contributed by atoms with van der Waals surface area (Å²) in [6.45, 7) is 5.58. The van der Waals surface area contributed by atoms with Crippen LogP contribution < -0.4 is 0 Å². The van der Waals surface area contributed by atoms with Crippen LogP contribution in [0.1, 0.15) is 12.5 Å². The van der Waals surface area contributed by atoms with Crippen molar-refractivity contribution >= 4 is 10.8 Å². The third-order valence-corrected chi connectivity index (χ3v) is 2.97. The van der Waals surface area contributed by atoms with E-state index in [1.807, 2.05) is 19.1 Å². The van der Waals surface area contributed by atoms with Gasteiger partial charge in [0.05, 0.1) is 5.76 Å². The van der Waals surface area contributed by atoms with Crippen molar-refractivity contribution < 1.29 is 5.11 Å². The van der Waals surface area contributed by atoms with Gasteiger partial charge in [-0.1, -0.05) is 56.0 Å². The smallest absolute Gasteiger partial charge is 0.0882 e. The van der Waals surface area contributed by atoms with Crippen LogP contribution in [0.2, 0.25) is 0 Å². The summed E-state index contributed by atoms with van der Waals surface area (Å²) >= 11 is 0. The van der Waals surface area contributed by atoms with E-state index in [-0.39, 0.29) is 11.7 Å². The van der Waals surface area contributed by atoms with E-state index in [0.29, 0.717) is 0 Å². The zero-order valence-corrected chi connectivity index (χ0v) is 9.48. The van der Waals surface area contributed by atoms with Crippen LogP contribution in [0.3, 0.4) is 0 Å². The van der Waals surface area contributed by atoms with Crippen molar-refractivity contribution in [1.82, 2.24) is 0 Å². The Balaban J connectivity index is 2.41. The van der Waals surface area contributed by atoms with Gasteiger partial charge in [-0.3, -0.25) is 0 Å². The number of fused-ring (bicyclic) bond motifs is 1. The molecule has 0 aliphatic rings. The molecule has 0 spiro atoms. The summed E-state index contributed by atoms with van der Waals surface area (Å²) in [4.78, 5) is 0. The number of allylic oxidation sites excluding steroid dienone is 1. The van der Waals surface area contributed by atoms with Gasteiger partial charge in [0.2, 0.25) is 0 Å². The Hall–Kier alpha value is -1.76. The summed E-state index contributed by atoms with van der Waals surface area (Å²) in [7, 11) is 0. The maximum absolute atomic E-state index is 9.36. The maximum Gasteiger partial charge on any atom is 0.0882 e. The first-order valence-electron chi connectivity index (χ1n) is 5.53. The molecule has 0 amide bonds. The highest BCUT2D eigenvalue weighted by atomic mass is 16.3. The molecule has 16 heavy (non-hydrogen) atoms. The summed E-state index contributed by atoms with van der Waals surface area (Å²) in [5, 5.41) is 11.9. The zero-order chi connectivity index (χ0) is 11.5. The van der Waals surface area contributed by atoms with E-state index in [1.54, 1.807) is 0 Å². The van der Waals surface area contributed by atoms with Gasteiger partial charge < -0.3 is 5.11 Å². The first-order valence-corrected chi connectivity index (χ1v) is 5.53. The molecule has 2 aromatic rings. The molecule has 82 valence electrons. The Bertz CT molecular complexity index is 508. The van der Waals surface area contributed by atoms with Crippen LogP contribution in [-0.4, -0.2) is 5.11 Å². The van der Waals surface area contributed by atoms with Gasteiger partial charge in [0.25, 0.3) is 0 Å². The Morgan fingerprint density at radius 2 is 1.88 bits per heavy atom. The van der Waals surface area contributed by atoms with Gasteiger partial charge in [-0.15, -0.1) is 0 Å². The normalized spacial score (nSPS) is 12.6. The predicted molar refractivity (Wildman–Crippen MR) is 68.6 cm³/mol. The predicted octanol–water partition coefficient (Wildman–Crippen LogP) is 4.09. The number of benzene rings is 2. The fraction of sp³-hybridized carbons (Fsp3) is 0.200. The molecule has 0 saturated heterocycles. The average Bonchev–Trinajstić information content (AvgIpc) is 2.29. The number of hydrogen-bond acceptors (Lipinski definition) is 1. The molecule has 1 nitrogen and oxygen atoms in total. The molecule has 1 heteroatoms. The molecule has 1 unspecified atom stereocenters. The molecule has 0 heterocycles. The third-order valence-electron chi connectivity index (χ3n) is 2.97. The zero-order valence-electron chi connectivity index (χ0n) is 9.48. The minimum atomic E-state index is 0.103. The SMILES string of the molecule is C=C(O)C(C)Cc1cccc2ccccc12. The third kappa shape index (κ3) is 2.08. The lowest BCUT2D eigenvalue weighted by molar-refractivity contribution is 0.343. The molecular formula is C15H16O. The molecule has 0 saturated carbocycles. The number of hydrogen-bond donors (Lipinski definition) is 1. The minimum Gasteiger partial charge on any atom is -0.513 e. The van der Waals surface area contributed by atoms with Crippen LogP contribution in [0.25, 0.3) is 10.8 Å². The number of aliphatic hydroxyl groups is 1. The quantitative estimate of drug-likeness (QED) is 0.760. The van der Waals surface area contributed by atoms with Crippen molar-refractivity contribution in [2.75, 3.05) is 0 Å². The summed E-state index contributed by atoms with van der Waals surface area (Å²) in [6.07, 6.45) is 0.830. The van der Waals surface area contributed by atoms with Gasteiger partial charge in [0.1, 0.15) is 0 Å². The minimum absolute atomic E-state index is 0.103. The Labute approximate surface area is 96.0 Å². The highest BCUT2D eigenvalue weighted by Gasteiger charge is 2.08. The van der Waals surface area contributed by atoms with Crippen molar-refractivity contribution in [3.05, 3.63) is 60.4 Å². The van der Waals surface area contributed by atoms with Gasteiger partial charge in [0.15, 0.2) is 0 Å². The first kappa shape index (κ1) is 10.7. The molecule has 2 rings (SSSR count). The standard InChI is InChI=1S/C15H16O/c1-11(12(2)16)10-14-8-5-7-13-6-3-4-9-15(13)14/h3-9,11,16H,2,10H2,1H3. The van der Waals surface area contributed by atoms with E-state index in [2.05, 4.69) is 36.9 Å². The lowest BCUT2D eigenvalue weighted by atomic mass is 9.95. The first-order chi connectivity index (χ1) is 7.68. The van der Waals surface area contributed by atoms with Crippen molar-refractivity contribution in [2.24, 2.45) is 5.92 Å². The van der Waals surface area contributed by atoms with Gasteiger partial charge >= 0.3 is 0 Å². The van der Waals surface area contributed by atoms with Crippen molar-refractivity contribution in [1.29, 1.82) is 0 Å². The molecule has 0 aromatic heterocycles. The summed E-state index contributed by atoms with van der Waals surface area (Å²) in [5.74, 6) is 0.360. The second kappa shape index (κ2) is 4.40. The van der Waals surface area contributed by atoms with Crippen molar-refractivity contribution in [3.8, 4) is 0 Å². The van der Waals surface area contributed by atoms with Gasteiger partial charge in [-0.25, -0.2) is 0 Å². The van der Waals surface area contributed by atoms with E-state index in [9.17, 15) is 5.11 Å². The second-order valence-electron chi connectivity index (χ2n) is 4.23. The molecule has 0 fully saturated rings. The molecular weight excluding hydrogens is 196 g/mol. The molecule has 1 N–H and O–H groups in total. The summed E-state index contributed by atoms with van der Waals surface area (Å²) in [5.41, 5.74) is 1.26. The van der Waals surface area contributed by atoms with Crippen LogP contribution >= 0.6 is 0 Å². The fourth-order valence-corrected chi connectivity index (χ4v) is 1.92. The van der Waals surface area contributed by atoms with E-state index in [0.717, 1.165) is 6.42 Å². The highest BCUT2D eigenvalue weighted by molar-refractivity contribution is 5.85. The molecule has 0 radical (unpaired) electrons. The Morgan fingerprint density at radius 1 is 1.19 bits per heavy atom. The molecule has 2 aromatic carbocycles. The van der Waals surface area contributed by atoms with Crippen LogP contribution in [0.4, 0.5) is 0 Å². The molecule has 0 bridgehead atoms. The number of rotatable bonds is 3. The van der Waals surface area contributed by atoms with Crippen molar-refractivity contribution in [2.45, 2.75) is 13.3 Å². The average molecular weight is 212 g/mol. The van der Waals surface area contributed by atoms with E-state index >= 15 is 0 Å². The van der Waals surface area contributed by atoms with E-state index in [4.69, 9.17) is 0 Å². The van der Waals surface area contributed by atoms with E-state index in [1.165, 1.54) is 16.3 Å². The Kier molecular flexibility index (Phi) is 2.95. The fourth-order valence-electron chi connectivity index (χ4n) is 1.92. The van der Waals surface area contributed by atoms with E-state index < -0.39 is 0 Å². The van der Waals surface area contributed by atoms with Crippen LogP contribution in [0.5, 0.6) is 0 Å². The summed E-state index contributed by atoms with van der Waals surface area (Å²) < 4.78 is 0. The van der Waals surface area contributed by atoms with Gasteiger partial charge in [0, 0.05) is 5.92 Å². The van der Waals surface area contributed by atoms with Crippen molar-refractivity contribution in [3.63, 3.8) is 0 Å². The van der Waals surface area contributed by atoms with Crippen LogP contribution in [-0.2, 0) is 6.42 Å². The topological polar surface area (TPSA) is 20.2 Å². The second-order valence-corrected chi connectivity index (χ2v) is 4.23. The lowest BCUT2D eigenvalue weighted by Gasteiger charge is -2.11. The van der Waals surface area contributed by atoms with Crippen LogP contribution in [0, 0.1) is 5.92 Å².